The summed E-state index contributed by atoms with van der Waals surface area (Å²) in [5.41, 5.74) is 6.97. The second kappa shape index (κ2) is 4.81. The molecule has 0 aliphatic heterocycles. The summed E-state index contributed by atoms with van der Waals surface area (Å²) in [6.45, 7) is 0. The van der Waals surface area contributed by atoms with Crippen LogP contribution >= 0.6 is 0 Å². The fourth-order valence-electron chi connectivity index (χ4n) is 3.25. The van der Waals surface area contributed by atoms with Crippen LogP contribution in [0, 0.1) is 17.8 Å². The van der Waals surface area contributed by atoms with Crippen molar-refractivity contribution >= 4 is 17.4 Å². The molecule has 3 rings (SSSR count). The molecule has 106 valence electrons. The quantitative estimate of drug-likeness (QED) is 0.381. The minimum atomic E-state index is 0.0507. The van der Waals surface area contributed by atoms with E-state index in [1.54, 1.807) is 30.1 Å². The van der Waals surface area contributed by atoms with Crippen LogP contribution in [0.1, 0.15) is 24.8 Å². The first-order chi connectivity index (χ1) is 9.60. The average Bonchev–Trinajstić information content (AvgIpc) is 3.11. The summed E-state index contributed by atoms with van der Waals surface area (Å²) >= 11 is 0. The normalized spacial score (nSPS) is 28.1. The lowest BCUT2D eigenvalue weighted by Gasteiger charge is -2.22. The van der Waals surface area contributed by atoms with Gasteiger partial charge >= 0.3 is 0 Å². The highest BCUT2D eigenvalue weighted by Crippen LogP contribution is 2.54. The summed E-state index contributed by atoms with van der Waals surface area (Å²) in [4.78, 5) is 14.2. The Morgan fingerprint density at radius 2 is 2.05 bits per heavy atom. The molecule has 0 bridgehead atoms. The van der Waals surface area contributed by atoms with Crippen LogP contribution in [0.4, 0.5) is 5.69 Å². The lowest BCUT2D eigenvalue weighted by atomic mass is 10.0. The maximum Gasteiger partial charge on any atom is 0.229 e. The van der Waals surface area contributed by atoms with Crippen molar-refractivity contribution in [1.82, 2.24) is 0 Å². The van der Waals surface area contributed by atoms with Crippen molar-refractivity contribution in [3.05, 3.63) is 29.8 Å². The monoisotopic (exact) mass is 273 g/mol. The topological polar surface area (TPSA) is 78.9 Å². The zero-order valence-corrected chi connectivity index (χ0v) is 11.5. The van der Waals surface area contributed by atoms with Gasteiger partial charge in [0.15, 0.2) is 5.84 Å². The SMILES string of the molecule is CN(C(=O)C1CC2CC2C1)c1cccc(/C(N)=N/O)c1. The Bertz CT molecular complexity index is 560. The van der Waals surface area contributed by atoms with Gasteiger partial charge in [0.05, 0.1) is 0 Å². The number of carbonyl (C=O) groups excluding carboxylic acids is 1. The highest BCUT2D eigenvalue weighted by atomic mass is 16.4. The van der Waals surface area contributed by atoms with E-state index in [9.17, 15) is 4.79 Å². The fraction of sp³-hybridized carbons (Fsp3) is 0.467. The number of oxime groups is 1. The van der Waals surface area contributed by atoms with Crippen LogP contribution in [0.25, 0.3) is 0 Å². The number of nitrogens with two attached hydrogens (primary N) is 1. The van der Waals surface area contributed by atoms with Gasteiger partial charge in [-0.3, -0.25) is 4.79 Å². The van der Waals surface area contributed by atoms with Crippen molar-refractivity contribution in [2.75, 3.05) is 11.9 Å². The van der Waals surface area contributed by atoms with Gasteiger partial charge in [0.25, 0.3) is 0 Å². The molecule has 2 atom stereocenters. The molecule has 2 unspecified atom stereocenters. The third kappa shape index (κ3) is 2.24. The summed E-state index contributed by atoms with van der Waals surface area (Å²) in [6, 6.07) is 7.19. The molecule has 0 spiro atoms. The van der Waals surface area contributed by atoms with Gasteiger partial charge in [-0.15, -0.1) is 0 Å². The Kier molecular flexibility index (Phi) is 3.12. The first-order valence-corrected chi connectivity index (χ1v) is 6.95. The molecule has 0 radical (unpaired) electrons. The fourth-order valence-corrected chi connectivity index (χ4v) is 3.25. The first-order valence-electron chi connectivity index (χ1n) is 6.95. The second-order valence-electron chi connectivity index (χ2n) is 5.86. The van der Waals surface area contributed by atoms with Gasteiger partial charge in [-0.05, 0) is 43.2 Å². The standard InChI is InChI=1S/C15H19N3O2/c1-18(15(19)12-6-10-5-11(10)7-12)13-4-2-3-9(8-13)14(16)17-20/h2-4,8,10-12,20H,5-7H2,1H3,(H2,16,17). The van der Waals surface area contributed by atoms with Gasteiger partial charge in [0.1, 0.15) is 0 Å². The highest BCUT2D eigenvalue weighted by Gasteiger charge is 2.48. The number of fused-ring (bicyclic) bond motifs is 1. The Morgan fingerprint density at radius 3 is 2.70 bits per heavy atom. The van der Waals surface area contributed by atoms with Crippen molar-refractivity contribution in [2.24, 2.45) is 28.6 Å². The van der Waals surface area contributed by atoms with Crippen molar-refractivity contribution in [1.29, 1.82) is 0 Å². The average molecular weight is 273 g/mol. The molecule has 2 fully saturated rings. The van der Waals surface area contributed by atoms with Gasteiger partial charge in [0.2, 0.25) is 5.91 Å². The van der Waals surface area contributed by atoms with E-state index in [4.69, 9.17) is 10.9 Å². The van der Waals surface area contributed by atoms with Crippen molar-refractivity contribution in [3.63, 3.8) is 0 Å². The molecule has 5 nitrogen and oxygen atoms in total. The smallest absolute Gasteiger partial charge is 0.229 e. The van der Waals surface area contributed by atoms with Crippen molar-refractivity contribution < 1.29 is 10.0 Å². The predicted octanol–water partition coefficient (Wildman–Crippen LogP) is 1.79. The Balaban J connectivity index is 1.76. The predicted molar refractivity (Wildman–Crippen MR) is 76.7 cm³/mol. The molecule has 2 saturated carbocycles. The Morgan fingerprint density at radius 1 is 1.35 bits per heavy atom. The van der Waals surface area contributed by atoms with E-state index in [0.29, 0.717) is 5.56 Å². The summed E-state index contributed by atoms with van der Waals surface area (Å²) in [5.74, 6) is 1.97. The largest absolute Gasteiger partial charge is 0.409 e. The molecule has 0 saturated heterocycles. The molecule has 1 aromatic carbocycles. The molecule has 0 heterocycles. The van der Waals surface area contributed by atoms with Gasteiger partial charge in [-0.25, -0.2) is 0 Å². The Labute approximate surface area is 118 Å². The van der Waals surface area contributed by atoms with Crippen LogP contribution in [-0.4, -0.2) is 24.0 Å². The lowest BCUT2D eigenvalue weighted by molar-refractivity contribution is -0.122. The van der Waals surface area contributed by atoms with E-state index in [0.717, 1.165) is 30.4 Å². The van der Waals surface area contributed by atoms with E-state index in [2.05, 4.69) is 5.16 Å². The molecule has 2 aliphatic carbocycles. The van der Waals surface area contributed by atoms with Crippen LogP contribution in [-0.2, 0) is 4.79 Å². The lowest BCUT2D eigenvalue weighted by Crippen LogP contribution is -2.32. The van der Waals surface area contributed by atoms with Gasteiger partial charge in [-0.2, -0.15) is 0 Å². The molecule has 0 aromatic heterocycles. The molecule has 5 heteroatoms. The number of nitrogens with zero attached hydrogens (tertiary/aromatic N) is 2. The number of rotatable bonds is 3. The summed E-state index contributed by atoms with van der Waals surface area (Å²) in [6.07, 6.45) is 3.38. The van der Waals surface area contributed by atoms with Crippen LogP contribution in [0.15, 0.2) is 29.4 Å². The summed E-state index contributed by atoms with van der Waals surface area (Å²) in [7, 11) is 1.79. The van der Waals surface area contributed by atoms with E-state index in [1.165, 1.54) is 6.42 Å². The molecular weight excluding hydrogens is 254 g/mol. The number of amides is 1. The summed E-state index contributed by atoms with van der Waals surface area (Å²) < 4.78 is 0. The number of benzene rings is 1. The molecule has 3 N–H and O–H groups in total. The number of hydrogen-bond acceptors (Lipinski definition) is 3. The third-order valence-corrected chi connectivity index (χ3v) is 4.56. The zero-order chi connectivity index (χ0) is 14.3. The van der Waals surface area contributed by atoms with Crippen molar-refractivity contribution in [3.8, 4) is 0 Å². The number of carbonyl (C=O) groups is 1. The van der Waals surface area contributed by atoms with E-state index < -0.39 is 0 Å². The number of anilines is 1. The van der Waals surface area contributed by atoms with Crippen LogP contribution in [0.3, 0.4) is 0 Å². The van der Waals surface area contributed by atoms with Crippen LogP contribution in [0.2, 0.25) is 0 Å². The second-order valence-corrected chi connectivity index (χ2v) is 5.86. The molecule has 1 amide bonds. The molecular formula is C15H19N3O2. The molecule has 2 aliphatic rings. The van der Waals surface area contributed by atoms with Gasteiger partial charge in [0, 0.05) is 24.2 Å². The van der Waals surface area contributed by atoms with E-state index in [1.807, 2.05) is 6.07 Å². The molecule has 1 aromatic rings. The minimum absolute atomic E-state index is 0.0507. The van der Waals surface area contributed by atoms with Gasteiger partial charge in [-0.1, -0.05) is 17.3 Å². The first kappa shape index (κ1) is 13.0. The van der Waals surface area contributed by atoms with E-state index >= 15 is 0 Å². The van der Waals surface area contributed by atoms with E-state index in [-0.39, 0.29) is 17.7 Å². The van der Waals surface area contributed by atoms with Gasteiger partial charge < -0.3 is 15.8 Å². The minimum Gasteiger partial charge on any atom is -0.409 e. The highest BCUT2D eigenvalue weighted by molar-refractivity contribution is 6.00. The Hall–Kier alpha value is -2.04. The summed E-state index contributed by atoms with van der Waals surface area (Å²) in [5, 5.41) is 11.7. The number of hydrogen-bond donors (Lipinski definition) is 2. The van der Waals surface area contributed by atoms with Crippen LogP contribution < -0.4 is 10.6 Å². The van der Waals surface area contributed by atoms with Crippen molar-refractivity contribution in [2.45, 2.75) is 19.3 Å². The van der Waals surface area contributed by atoms with Crippen LogP contribution in [0.5, 0.6) is 0 Å². The zero-order valence-electron chi connectivity index (χ0n) is 11.5. The maximum absolute atomic E-state index is 12.5. The maximum atomic E-state index is 12.5. The molecule has 20 heavy (non-hydrogen) atoms. The third-order valence-electron chi connectivity index (χ3n) is 4.56. The number of amidine groups is 1.